The monoisotopic (exact) mass is 312 g/mol. The third-order valence-corrected chi connectivity index (χ3v) is 4.54. The van der Waals surface area contributed by atoms with Gasteiger partial charge in [0.15, 0.2) is 0 Å². The number of para-hydroxylation sites is 1. The number of rotatable bonds is 4. The van der Waals surface area contributed by atoms with Gasteiger partial charge in [0, 0.05) is 31.9 Å². The van der Waals surface area contributed by atoms with Crippen molar-refractivity contribution in [1.29, 1.82) is 0 Å². The van der Waals surface area contributed by atoms with Gasteiger partial charge in [-0.15, -0.1) is 0 Å². The summed E-state index contributed by atoms with van der Waals surface area (Å²) in [5, 5.41) is 7.23. The molecule has 1 aliphatic heterocycles. The number of benzene rings is 1. The highest BCUT2D eigenvalue weighted by Gasteiger charge is 2.22. The summed E-state index contributed by atoms with van der Waals surface area (Å²) in [4.78, 5) is 14.7. The predicted octanol–water partition coefficient (Wildman–Crippen LogP) is 2.30. The maximum atomic E-state index is 12.3. The van der Waals surface area contributed by atoms with Gasteiger partial charge in [-0.3, -0.25) is 9.48 Å². The van der Waals surface area contributed by atoms with Gasteiger partial charge in [0.2, 0.25) is 0 Å². The van der Waals surface area contributed by atoms with Gasteiger partial charge in [-0.05, 0) is 44.4 Å². The molecule has 1 aromatic heterocycles. The number of fused-ring (bicyclic) bond motifs is 1. The number of hydrogen-bond donors (Lipinski definition) is 1. The normalized spacial score (nSPS) is 17.0. The van der Waals surface area contributed by atoms with Crippen LogP contribution < -0.4 is 10.2 Å². The first kappa shape index (κ1) is 15.6. The number of aromatic nitrogens is 2. The van der Waals surface area contributed by atoms with E-state index in [2.05, 4.69) is 46.5 Å². The summed E-state index contributed by atoms with van der Waals surface area (Å²) in [5.41, 5.74) is 4.17. The lowest BCUT2D eigenvalue weighted by Gasteiger charge is -2.37. The van der Waals surface area contributed by atoms with Gasteiger partial charge in [0.1, 0.15) is 5.69 Å². The summed E-state index contributed by atoms with van der Waals surface area (Å²) in [5.74, 6) is -0.0638. The van der Waals surface area contributed by atoms with E-state index in [4.69, 9.17) is 0 Å². The summed E-state index contributed by atoms with van der Waals surface area (Å²) in [6.45, 7) is 5.59. The van der Waals surface area contributed by atoms with Crippen molar-refractivity contribution in [2.24, 2.45) is 7.05 Å². The summed E-state index contributed by atoms with van der Waals surface area (Å²) < 4.78 is 1.63. The Kier molecular flexibility index (Phi) is 4.37. The largest absolute Gasteiger partial charge is 0.367 e. The quantitative estimate of drug-likeness (QED) is 0.942. The lowest BCUT2D eigenvalue weighted by molar-refractivity contribution is 0.0945. The van der Waals surface area contributed by atoms with Crippen LogP contribution >= 0.6 is 0 Å². The molecule has 1 atom stereocenters. The van der Waals surface area contributed by atoms with E-state index in [1.807, 2.05) is 13.0 Å². The molecule has 0 spiro atoms. The van der Waals surface area contributed by atoms with E-state index < -0.39 is 0 Å². The van der Waals surface area contributed by atoms with E-state index in [9.17, 15) is 4.79 Å². The number of nitrogens with zero attached hydrogens (tertiary/aromatic N) is 3. The van der Waals surface area contributed by atoms with E-state index in [0.29, 0.717) is 18.3 Å². The highest BCUT2D eigenvalue weighted by molar-refractivity contribution is 5.92. The Morgan fingerprint density at radius 3 is 2.91 bits per heavy atom. The van der Waals surface area contributed by atoms with Crippen LogP contribution in [0.4, 0.5) is 5.69 Å². The molecule has 23 heavy (non-hydrogen) atoms. The molecule has 0 radical (unpaired) electrons. The molecular weight excluding hydrogens is 288 g/mol. The van der Waals surface area contributed by atoms with E-state index in [-0.39, 0.29) is 5.91 Å². The van der Waals surface area contributed by atoms with Crippen LogP contribution in [-0.2, 0) is 13.5 Å². The molecular formula is C18H24N4O. The highest BCUT2D eigenvalue weighted by atomic mass is 16.2. The molecule has 0 bridgehead atoms. The molecule has 3 rings (SSSR count). The second kappa shape index (κ2) is 6.44. The van der Waals surface area contributed by atoms with Crippen molar-refractivity contribution in [2.75, 3.05) is 18.0 Å². The van der Waals surface area contributed by atoms with Crippen LogP contribution in [0, 0.1) is 6.92 Å². The second-order valence-corrected chi connectivity index (χ2v) is 6.26. The van der Waals surface area contributed by atoms with Gasteiger partial charge in [0.25, 0.3) is 5.91 Å². The Morgan fingerprint density at radius 2 is 2.17 bits per heavy atom. The lowest BCUT2D eigenvalue weighted by Crippen LogP contribution is -2.42. The number of carbonyl (C=O) groups excluding carboxylic acids is 1. The van der Waals surface area contributed by atoms with Crippen molar-refractivity contribution in [3.8, 4) is 0 Å². The van der Waals surface area contributed by atoms with Gasteiger partial charge in [-0.1, -0.05) is 18.2 Å². The van der Waals surface area contributed by atoms with Crippen molar-refractivity contribution in [3.05, 3.63) is 47.3 Å². The lowest BCUT2D eigenvalue weighted by atomic mass is 9.97. The van der Waals surface area contributed by atoms with E-state index in [0.717, 1.165) is 25.1 Å². The first-order chi connectivity index (χ1) is 11.1. The van der Waals surface area contributed by atoms with Crippen LogP contribution in [0.15, 0.2) is 30.3 Å². The average Bonchev–Trinajstić information content (AvgIpc) is 2.88. The van der Waals surface area contributed by atoms with Crippen molar-refractivity contribution < 1.29 is 4.79 Å². The number of hydrogen-bond acceptors (Lipinski definition) is 3. The zero-order valence-electron chi connectivity index (χ0n) is 14.0. The van der Waals surface area contributed by atoms with E-state index >= 15 is 0 Å². The molecule has 2 heterocycles. The van der Waals surface area contributed by atoms with Gasteiger partial charge < -0.3 is 10.2 Å². The SMILES string of the molecule is Cc1cc(C(=O)NCCN2c3ccccc3CCC2C)n(C)n1. The summed E-state index contributed by atoms with van der Waals surface area (Å²) in [7, 11) is 1.80. The molecule has 0 saturated carbocycles. The molecule has 122 valence electrons. The van der Waals surface area contributed by atoms with Gasteiger partial charge >= 0.3 is 0 Å². The Labute approximate surface area is 137 Å². The number of aryl methyl sites for hydroxylation is 3. The average molecular weight is 312 g/mol. The van der Waals surface area contributed by atoms with E-state index in [1.165, 1.54) is 11.3 Å². The van der Waals surface area contributed by atoms with Crippen molar-refractivity contribution in [1.82, 2.24) is 15.1 Å². The van der Waals surface area contributed by atoms with Crippen LogP contribution in [0.2, 0.25) is 0 Å². The van der Waals surface area contributed by atoms with Crippen LogP contribution in [0.3, 0.4) is 0 Å². The Hall–Kier alpha value is -2.30. The number of carbonyl (C=O) groups is 1. The molecule has 5 heteroatoms. The summed E-state index contributed by atoms with van der Waals surface area (Å²) in [6, 6.07) is 10.9. The minimum atomic E-state index is -0.0638. The zero-order valence-corrected chi connectivity index (χ0v) is 14.0. The van der Waals surface area contributed by atoms with Gasteiger partial charge in [-0.2, -0.15) is 5.10 Å². The Bertz CT molecular complexity index is 707. The van der Waals surface area contributed by atoms with E-state index in [1.54, 1.807) is 11.7 Å². The fourth-order valence-electron chi connectivity index (χ4n) is 3.30. The Balaban J connectivity index is 1.62. The highest BCUT2D eigenvalue weighted by Crippen LogP contribution is 2.29. The third kappa shape index (κ3) is 3.23. The van der Waals surface area contributed by atoms with Crippen LogP contribution in [0.25, 0.3) is 0 Å². The molecule has 0 fully saturated rings. The van der Waals surface area contributed by atoms with Crippen molar-refractivity contribution in [2.45, 2.75) is 32.7 Å². The summed E-state index contributed by atoms with van der Waals surface area (Å²) >= 11 is 0. The molecule has 1 N–H and O–H groups in total. The fourth-order valence-corrected chi connectivity index (χ4v) is 3.30. The number of amides is 1. The number of nitrogens with one attached hydrogen (secondary N) is 1. The van der Waals surface area contributed by atoms with Crippen molar-refractivity contribution in [3.63, 3.8) is 0 Å². The number of anilines is 1. The smallest absolute Gasteiger partial charge is 0.269 e. The third-order valence-electron chi connectivity index (χ3n) is 4.54. The van der Waals surface area contributed by atoms with Gasteiger partial charge in [-0.25, -0.2) is 0 Å². The second-order valence-electron chi connectivity index (χ2n) is 6.26. The molecule has 1 aliphatic rings. The molecule has 0 saturated heterocycles. The van der Waals surface area contributed by atoms with Crippen LogP contribution in [0.5, 0.6) is 0 Å². The maximum Gasteiger partial charge on any atom is 0.269 e. The predicted molar refractivity (Wildman–Crippen MR) is 91.8 cm³/mol. The molecule has 0 aliphatic carbocycles. The van der Waals surface area contributed by atoms with Crippen LogP contribution in [0.1, 0.15) is 35.1 Å². The Morgan fingerprint density at radius 1 is 1.39 bits per heavy atom. The maximum absolute atomic E-state index is 12.3. The zero-order chi connectivity index (χ0) is 16.4. The van der Waals surface area contributed by atoms with Crippen LogP contribution in [-0.4, -0.2) is 34.8 Å². The molecule has 1 aromatic carbocycles. The topological polar surface area (TPSA) is 50.2 Å². The standard InChI is InChI=1S/C18H24N4O/c1-13-12-17(21(3)20-13)18(23)19-10-11-22-14(2)8-9-15-6-4-5-7-16(15)22/h4-7,12,14H,8-11H2,1-3H3,(H,19,23). The first-order valence-electron chi connectivity index (χ1n) is 8.19. The summed E-state index contributed by atoms with van der Waals surface area (Å²) in [6.07, 6.45) is 2.29. The molecule has 1 amide bonds. The minimum absolute atomic E-state index is 0.0638. The van der Waals surface area contributed by atoms with Crippen molar-refractivity contribution >= 4 is 11.6 Å². The van der Waals surface area contributed by atoms with Gasteiger partial charge in [0.05, 0.1) is 5.69 Å². The minimum Gasteiger partial charge on any atom is -0.367 e. The fraction of sp³-hybridized carbons (Fsp3) is 0.444. The molecule has 1 unspecified atom stereocenters. The molecule has 5 nitrogen and oxygen atoms in total. The first-order valence-corrected chi connectivity index (χ1v) is 8.19. The molecule has 2 aromatic rings.